The van der Waals surface area contributed by atoms with Gasteiger partial charge in [-0.25, -0.2) is 9.37 Å². The molecule has 3 aromatic carbocycles. The number of terminal acetylenes is 1. The summed E-state index contributed by atoms with van der Waals surface area (Å²) in [4.78, 5) is 4.96. The number of thioether (sulfide) groups is 1. The number of halogens is 1. The van der Waals surface area contributed by atoms with Crippen LogP contribution in [0.3, 0.4) is 0 Å². The smallest absolute Gasteiger partial charge is 0.170 e. The van der Waals surface area contributed by atoms with Crippen LogP contribution in [0.1, 0.15) is 5.56 Å². The third-order valence-corrected chi connectivity index (χ3v) is 5.61. The minimum atomic E-state index is -0.231. The molecule has 0 saturated heterocycles. The molecule has 2 nitrogen and oxygen atoms in total. The van der Waals surface area contributed by atoms with Gasteiger partial charge in [-0.1, -0.05) is 90.5 Å². The first-order valence-corrected chi connectivity index (χ1v) is 10.3. The first-order valence-electron chi connectivity index (χ1n) is 9.28. The van der Waals surface area contributed by atoms with E-state index in [2.05, 4.69) is 34.8 Å². The van der Waals surface area contributed by atoms with Gasteiger partial charge in [0.05, 0.1) is 17.9 Å². The zero-order valence-corrected chi connectivity index (χ0v) is 16.6. The second-order valence-electron chi connectivity index (χ2n) is 6.53. The molecular formula is C25H19FN2S. The van der Waals surface area contributed by atoms with E-state index in [4.69, 9.17) is 11.4 Å². The highest BCUT2D eigenvalue weighted by molar-refractivity contribution is 7.98. The molecule has 0 amide bonds. The Morgan fingerprint density at radius 3 is 2.10 bits per heavy atom. The Hall–Kier alpha value is -3.29. The maximum absolute atomic E-state index is 13.2. The lowest BCUT2D eigenvalue weighted by Gasteiger charge is -2.10. The van der Waals surface area contributed by atoms with Gasteiger partial charge in [0.2, 0.25) is 0 Å². The molecule has 142 valence electrons. The first kappa shape index (κ1) is 19.0. The molecule has 0 fully saturated rings. The van der Waals surface area contributed by atoms with Gasteiger partial charge in [0, 0.05) is 16.9 Å². The fourth-order valence-corrected chi connectivity index (χ4v) is 4.15. The molecule has 29 heavy (non-hydrogen) atoms. The van der Waals surface area contributed by atoms with Crippen LogP contribution in [-0.2, 0) is 12.3 Å². The number of imidazole rings is 1. The summed E-state index contributed by atoms with van der Waals surface area (Å²) < 4.78 is 15.3. The summed E-state index contributed by atoms with van der Waals surface area (Å²) in [5, 5.41) is 0.852. The molecule has 0 unspecified atom stereocenters. The standard InChI is InChI=1S/C25H19FN2S/c1-2-17-28-24(21-11-7-4-8-12-21)23(20-9-5-3-6-10-20)27-25(28)29-18-19-13-15-22(26)16-14-19/h1,3-16H,17-18H2. The lowest BCUT2D eigenvalue weighted by Crippen LogP contribution is -2.01. The average molecular weight is 399 g/mol. The van der Waals surface area contributed by atoms with Gasteiger partial charge in [-0.3, -0.25) is 0 Å². The van der Waals surface area contributed by atoms with E-state index in [9.17, 15) is 4.39 Å². The van der Waals surface area contributed by atoms with Gasteiger partial charge in [-0.2, -0.15) is 0 Å². The number of nitrogens with zero attached hydrogens (tertiary/aromatic N) is 2. The molecule has 1 aromatic heterocycles. The topological polar surface area (TPSA) is 17.8 Å². The van der Waals surface area contributed by atoms with Crippen LogP contribution in [-0.4, -0.2) is 9.55 Å². The van der Waals surface area contributed by atoms with Crippen molar-refractivity contribution < 1.29 is 4.39 Å². The van der Waals surface area contributed by atoms with Crippen LogP contribution in [0.5, 0.6) is 0 Å². The number of aromatic nitrogens is 2. The van der Waals surface area contributed by atoms with E-state index >= 15 is 0 Å². The van der Waals surface area contributed by atoms with Gasteiger partial charge in [0.25, 0.3) is 0 Å². The maximum atomic E-state index is 13.2. The van der Waals surface area contributed by atoms with Crippen LogP contribution < -0.4 is 0 Å². The summed E-state index contributed by atoms with van der Waals surface area (Å²) in [6.07, 6.45) is 5.70. The second-order valence-corrected chi connectivity index (χ2v) is 7.47. The lowest BCUT2D eigenvalue weighted by atomic mass is 10.0. The Balaban J connectivity index is 1.79. The first-order chi connectivity index (χ1) is 14.3. The molecule has 0 spiro atoms. The normalized spacial score (nSPS) is 10.6. The summed E-state index contributed by atoms with van der Waals surface area (Å²) in [5.74, 6) is 3.22. The minimum absolute atomic E-state index is 0.231. The Labute approximate surface area is 174 Å². The summed E-state index contributed by atoms with van der Waals surface area (Å²) in [6, 6.07) is 26.9. The van der Waals surface area contributed by atoms with E-state index in [1.807, 2.05) is 36.4 Å². The van der Waals surface area contributed by atoms with E-state index in [0.29, 0.717) is 12.3 Å². The number of hydrogen-bond acceptors (Lipinski definition) is 2. The van der Waals surface area contributed by atoms with Crippen molar-refractivity contribution in [1.29, 1.82) is 0 Å². The molecule has 0 saturated carbocycles. The van der Waals surface area contributed by atoms with Gasteiger partial charge in [-0.05, 0) is 17.7 Å². The Bertz CT molecular complexity index is 1130. The SMILES string of the molecule is C#CCn1c(SCc2ccc(F)cc2)nc(-c2ccccc2)c1-c1ccccc1. The van der Waals surface area contributed by atoms with Crippen LogP contribution in [0, 0.1) is 18.2 Å². The zero-order chi connectivity index (χ0) is 20.1. The highest BCUT2D eigenvalue weighted by atomic mass is 32.2. The van der Waals surface area contributed by atoms with Gasteiger partial charge in [-0.15, -0.1) is 6.42 Å². The third-order valence-electron chi connectivity index (χ3n) is 4.56. The predicted octanol–water partition coefficient (Wildman–Crippen LogP) is 6.28. The number of benzene rings is 3. The van der Waals surface area contributed by atoms with Crippen molar-refractivity contribution in [2.24, 2.45) is 0 Å². The molecule has 0 bridgehead atoms. The van der Waals surface area contributed by atoms with Gasteiger partial charge >= 0.3 is 0 Å². The molecule has 0 aliphatic carbocycles. The van der Waals surface area contributed by atoms with Crippen LogP contribution in [0.4, 0.5) is 4.39 Å². The minimum Gasteiger partial charge on any atom is -0.307 e. The molecular weight excluding hydrogens is 379 g/mol. The van der Waals surface area contributed by atoms with Crippen molar-refractivity contribution in [3.8, 4) is 34.9 Å². The fourth-order valence-electron chi connectivity index (χ4n) is 3.19. The van der Waals surface area contributed by atoms with E-state index in [1.54, 1.807) is 23.9 Å². The quantitative estimate of drug-likeness (QED) is 0.281. The summed E-state index contributed by atoms with van der Waals surface area (Å²) >= 11 is 1.60. The fraction of sp³-hybridized carbons (Fsp3) is 0.0800. The van der Waals surface area contributed by atoms with E-state index in [-0.39, 0.29) is 5.82 Å². The van der Waals surface area contributed by atoms with Crippen molar-refractivity contribution >= 4 is 11.8 Å². The van der Waals surface area contributed by atoms with Crippen molar-refractivity contribution in [2.45, 2.75) is 17.5 Å². The van der Waals surface area contributed by atoms with Crippen molar-refractivity contribution in [3.63, 3.8) is 0 Å². The van der Waals surface area contributed by atoms with Crippen molar-refractivity contribution in [3.05, 3.63) is 96.3 Å². The van der Waals surface area contributed by atoms with Crippen LogP contribution in [0.15, 0.2) is 90.1 Å². The highest BCUT2D eigenvalue weighted by Crippen LogP contribution is 2.36. The summed E-state index contributed by atoms with van der Waals surface area (Å²) in [6.45, 7) is 0.426. The van der Waals surface area contributed by atoms with Crippen molar-refractivity contribution in [2.75, 3.05) is 0 Å². The van der Waals surface area contributed by atoms with Crippen LogP contribution in [0.2, 0.25) is 0 Å². The largest absolute Gasteiger partial charge is 0.307 e. The van der Waals surface area contributed by atoms with Gasteiger partial charge in [0.1, 0.15) is 5.82 Å². The molecule has 0 aliphatic rings. The van der Waals surface area contributed by atoms with Gasteiger partial charge < -0.3 is 4.57 Å². The third kappa shape index (κ3) is 4.26. The Kier molecular flexibility index (Phi) is 5.79. The monoisotopic (exact) mass is 398 g/mol. The molecule has 4 rings (SSSR count). The Morgan fingerprint density at radius 2 is 1.48 bits per heavy atom. The number of rotatable bonds is 6. The summed E-state index contributed by atoms with van der Waals surface area (Å²) in [7, 11) is 0. The second kappa shape index (κ2) is 8.81. The van der Waals surface area contributed by atoms with E-state index in [0.717, 1.165) is 33.2 Å². The molecule has 0 atom stereocenters. The Morgan fingerprint density at radius 1 is 0.862 bits per heavy atom. The predicted molar refractivity (Wildman–Crippen MR) is 118 cm³/mol. The van der Waals surface area contributed by atoms with Crippen LogP contribution >= 0.6 is 11.8 Å². The lowest BCUT2D eigenvalue weighted by molar-refractivity contribution is 0.627. The molecule has 0 N–H and O–H groups in total. The molecule has 1 heterocycles. The maximum Gasteiger partial charge on any atom is 0.170 e. The average Bonchev–Trinajstić information content (AvgIpc) is 3.13. The van der Waals surface area contributed by atoms with Crippen molar-refractivity contribution in [1.82, 2.24) is 9.55 Å². The molecule has 0 aliphatic heterocycles. The van der Waals surface area contributed by atoms with Crippen LogP contribution in [0.25, 0.3) is 22.5 Å². The van der Waals surface area contributed by atoms with E-state index in [1.165, 1.54) is 12.1 Å². The number of hydrogen-bond donors (Lipinski definition) is 0. The highest BCUT2D eigenvalue weighted by Gasteiger charge is 2.19. The molecule has 4 aromatic rings. The summed E-state index contributed by atoms with van der Waals surface area (Å²) in [5.41, 5.74) is 5.08. The molecule has 4 heteroatoms. The van der Waals surface area contributed by atoms with E-state index < -0.39 is 0 Å². The molecule has 0 radical (unpaired) electrons. The zero-order valence-electron chi connectivity index (χ0n) is 15.8. The van der Waals surface area contributed by atoms with Gasteiger partial charge in [0.15, 0.2) is 5.16 Å².